The van der Waals surface area contributed by atoms with Crippen molar-refractivity contribution in [3.05, 3.63) is 29.8 Å². The highest BCUT2D eigenvalue weighted by Gasteiger charge is 2.30. The molecule has 0 N–H and O–H groups in total. The van der Waals surface area contributed by atoms with E-state index < -0.39 is 0 Å². The first-order chi connectivity index (χ1) is 9.20. The Hall–Kier alpha value is -2.04. The van der Waals surface area contributed by atoms with E-state index in [0.29, 0.717) is 28.9 Å². The van der Waals surface area contributed by atoms with Crippen molar-refractivity contribution in [2.75, 3.05) is 0 Å². The summed E-state index contributed by atoms with van der Waals surface area (Å²) in [7, 11) is 0. The second-order valence-electron chi connectivity index (χ2n) is 5.10. The molecule has 3 rings (SSSR count). The molecule has 0 aromatic carbocycles. The summed E-state index contributed by atoms with van der Waals surface area (Å²) in [5, 5.41) is 4.56. The lowest BCUT2D eigenvalue weighted by atomic mass is 10.2. The minimum absolute atomic E-state index is 0.337. The normalized spacial score (nSPS) is 16.3. The summed E-state index contributed by atoms with van der Waals surface area (Å²) in [6, 6.07) is 0.337. The summed E-state index contributed by atoms with van der Waals surface area (Å²) in [4.78, 5) is 19.7. The van der Waals surface area contributed by atoms with E-state index in [2.05, 4.69) is 22.0 Å². The van der Waals surface area contributed by atoms with Crippen molar-refractivity contribution >= 4 is 6.29 Å². The van der Waals surface area contributed by atoms with Crippen molar-refractivity contribution < 1.29 is 4.79 Å². The van der Waals surface area contributed by atoms with Gasteiger partial charge in [-0.05, 0) is 32.6 Å². The predicted octanol–water partition coefficient (Wildman–Crippen LogP) is 2.43. The van der Waals surface area contributed by atoms with Gasteiger partial charge < -0.3 is 0 Å². The zero-order valence-electron chi connectivity index (χ0n) is 11.1. The largest absolute Gasteiger partial charge is 0.298 e. The molecule has 19 heavy (non-hydrogen) atoms. The van der Waals surface area contributed by atoms with Crippen LogP contribution in [0.25, 0.3) is 11.4 Å². The van der Waals surface area contributed by atoms with Crippen LogP contribution in [0.15, 0.2) is 18.6 Å². The number of rotatable bonds is 4. The van der Waals surface area contributed by atoms with E-state index in [1.165, 1.54) is 12.8 Å². The lowest BCUT2D eigenvalue weighted by Crippen LogP contribution is -2.07. The molecule has 1 saturated carbocycles. The monoisotopic (exact) mass is 256 g/mol. The molecule has 0 amide bonds. The Bertz CT molecular complexity index is 616. The van der Waals surface area contributed by atoms with Gasteiger partial charge in [-0.3, -0.25) is 19.4 Å². The molecular formula is C14H16N4O. The molecule has 0 spiro atoms. The SMILES string of the molecule is Cc1nccnc1-c1nn(C(C)C2CC2)cc1C=O. The van der Waals surface area contributed by atoms with Crippen molar-refractivity contribution in [1.29, 1.82) is 0 Å². The molecule has 2 aromatic heterocycles. The standard InChI is InChI=1S/C14H16N4O/c1-9-13(16-6-5-15-9)14-12(8-19)7-18(17-14)10(2)11-3-4-11/h5-8,10-11H,3-4H2,1-2H3. The maximum absolute atomic E-state index is 11.2. The van der Waals surface area contributed by atoms with Crippen LogP contribution in [-0.2, 0) is 0 Å². The first-order valence-corrected chi connectivity index (χ1v) is 6.53. The number of carbonyl (C=O) groups is 1. The summed E-state index contributed by atoms with van der Waals surface area (Å²) in [6.07, 6.45) is 8.42. The minimum atomic E-state index is 0.337. The minimum Gasteiger partial charge on any atom is -0.298 e. The third-order valence-corrected chi connectivity index (χ3v) is 3.71. The van der Waals surface area contributed by atoms with Crippen LogP contribution in [0.5, 0.6) is 0 Å². The number of nitrogens with zero attached hydrogens (tertiary/aromatic N) is 4. The lowest BCUT2D eigenvalue weighted by molar-refractivity contribution is 0.112. The van der Waals surface area contributed by atoms with Crippen LogP contribution in [-0.4, -0.2) is 26.0 Å². The van der Waals surface area contributed by atoms with Crippen molar-refractivity contribution in [1.82, 2.24) is 19.7 Å². The van der Waals surface area contributed by atoms with Gasteiger partial charge in [0.1, 0.15) is 11.4 Å². The molecule has 5 nitrogen and oxygen atoms in total. The highest BCUT2D eigenvalue weighted by atomic mass is 16.1. The fraction of sp³-hybridized carbons (Fsp3) is 0.429. The summed E-state index contributed by atoms with van der Waals surface area (Å²) in [5.74, 6) is 0.690. The van der Waals surface area contributed by atoms with Gasteiger partial charge in [-0.25, -0.2) is 0 Å². The highest BCUT2D eigenvalue weighted by molar-refractivity contribution is 5.84. The van der Waals surface area contributed by atoms with Crippen molar-refractivity contribution in [3.63, 3.8) is 0 Å². The van der Waals surface area contributed by atoms with Gasteiger partial charge in [0.05, 0.1) is 17.3 Å². The summed E-state index contributed by atoms with van der Waals surface area (Å²) >= 11 is 0. The maximum Gasteiger partial charge on any atom is 0.153 e. The fourth-order valence-electron chi connectivity index (χ4n) is 2.32. The van der Waals surface area contributed by atoms with E-state index in [-0.39, 0.29) is 0 Å². The Kier molecular flexibility index (Phi) is 2.89. The molecular weight excluding hydrogens is 240 g/mol. The van der Waals surface area contributed by atoms with E-state index in [4.69, 9.17) is 0 Å². The summed E-state index contributed by atoms with van der Waals surface area (Å²) in [6.45, 7) is 4.02. The van der Waals surface area contributed by atoms with Gasteiger partial charge in [-0.15, -0.1) is 0 Å². The molecule has 1 fully saturated rings. The van der Waals surface area contributed by atoms with Gasteiger partial charge in [0.2, 0.25) is 0 Å². The zero-order valence-corrected chi connectivity index (χ0v) is 11.1. The van der Waals surface area contributed by atoms with E-state index in [0.717, 1.165) is 12.0 Å². The van der Waals surface area contributed by atoms with Crippen LogP contribution in [0.4, 0.5) is 0 Å². The van der Waals surface area contributed by atoms with Gasteiger partial charge >= 0.3 is 0 Å². The highest BCUT2D eigenvalue weighted by Crippen LogP contribution is 2.39. The molecule has 1 aliphatic carbocycles. The Morgan fingerprint density at radius 2 is 2.05 bits per heavy atom. The average molecular weight is 256 g/mol. The van der Waals surface area contributed by atoms with Crippen LogP contribution in [0.1, 0.15) is 41.9 Å². The molecule has 0 aliphatic heterocycles. The number of aryl methyl sites for hydroxylation is 1. The smallest absolute Gasteiger partial charge is 0.153 e. The van der Waals surface area contributed by atoms with Gasteiger partial charge in [-0.2, -0.15) is 5.10 Å². The lowest BCUT2D eigenvalue weighted by Gasteiger charge is -2.09. The number of hydrogen-bond donors (Lipinski definition) is 0. The van der Waals surface area contributed by atoms with Gasteiger partial charge in [0, 0.05) is 18.6 Å². The molecule has 1 aliphatic rings. The van der Waals surface area contributed by atoms with Crippen LogP contribution in [0.2, 0.25) is 0 Å². The number of hydrogen-bond acceptors (Lipinski definition) is 4. The summed E-state index contributed by atoms with van der Waals surface area (Å²) in [5.41, 5.74) is 2.69. The number of aromatic nitrogens is 4. The Labute approximate surface area is 111 Å². The molecule has 1 unspecified atom stereocenters. The van der Waals surface area contributed by atoms with E-state index in [1.807, 2.05) is 17.8 Å². The van der Waals surface area contributed by atoms with Gasteiger partial charge in [-0.1, -0.05) is 0 Å². The Balaban J connectivity index is 2.05. The number of aldehydes is 1. The summed E-state index contributed by atoms with van der Waals surface area (Å²) < 4.78 is 1.89. The van der Waals surface area contributed by atoms with Crippen molar-refractivity contribution in [3.8, 4) is 11.4 Å². The maximum atomic E-state index is 11.2. The molecule has 0 saturated heterocycles. The third-order valence-electron chi connectivity index (χ3n) is 3.71. The van der Waals surface area contributed by atoms with Crippen LogP contribution in [0.3, 0.4) is 0 Å². The van der Waals surface area contributed by atoms with Crippen LogP contribution >= 0.6 is 0 Å². The zero-order chi connectivity index (χ0) is 13.4. The third kappa shape index (κ3) is 2.16. The molecule has 98 valence electrons. The first kappa shape index (κ1) is 12.0. The second-order valence-corrected chi connectivity index (χ2v) is 5.10. The molecule has 0 bridgehead atoms. The fourth-order valence-corrected chi connectivity index (χ4v) is 2.32. The second kappa shape index (κ2) is 4.57. The predicted molar refractivity (Wildman–Crippen MR) is 70.8 cm³/mol. The van der Waals surface area contributed by atoms with Gasteiger partial charge in [0.25, 0.3) is 0 Å². The van der Waals surface area contributed by atoms with Gasteiger partial charge in [0.15, 0.2) is 6.29 Å². The molecule has 2 heterocycles. The first-order valence-electron chi connectivity index (χ1n) is 6.53. The average Bonchev–Trinajstić information content (AvgIpc) is 3.18. The van der Waals surface area contributed by atoms with Crippen LogP contribution in [0, 0.1) is 12.8 Å². The molecule has 2 aromatic rings. The Morgan fingerprint density at radius 3 is 2.68 bits per heavy atom. The molecule has 1 atom stereocenters. The molecule has 5 heteroatoms. The Morgan fingerprint density at radius 1 is 1.32 bits per heavy atom. The van der Waals surface area contributed by atoms with E-state index in [1.54, 1.807) is 12.4 Å². The molecule has 0 radical (unpaired) electrons. The van der Waals surface area contributed by atoms with E-state index in [9.17, 15) is 4.79 Å². The van der Waals surface area contributed by atoms with E-state index >= 15 is 0 Å². The quantitative estimate of drug-likeness (QED) is 0.788. The van der Waals surface area contributed by atoms with Crippen molar-refractivity contribution in [2.45, 2.75) is 32.7 Å². The number of carbonyl (C=O) groups excluding carboxylic acids is 1. The van der Waals surface area contributed by atoms with Crippen LogP contribution < -0.4 is 0 Å². The van der Waals surface area contributed by atoms with Crippen molar-refractivity contribution in [2.24, 2.45) is 5.92 Å². The topological polar surface area (TPSA) is 60.7 Å².